The smallest absolute Gasteiger partial charge is 0.0158 e. The van der Waals surface area contributed by atoms with Crippen molar-refractivity contribution in [2.45, 2.75) is 50.5 Å². The molecule has 0 aliphatic carbocycles. The van der Waals surface area contributed by atoms with E-state index in [4.69, 9.17) is 0 Å². The van der Waals surface area contributed by atoms with Crippen molar-refractivity contribution in [1.29, 1.82) is 0 Å². The number of hydrogen-bond donors (Lipinski definition) is 1. The fourth-order valence-electron chi connectivity index (χ4n) is 1.81. The molecular weight excluding hydrogens is 226 g/mol. The number of nitrogens with one attached hydrogen (secondary N) is 1. The Kier molecular flexibility index (Phi) is 6.68. The highest BCUT2D eigenvalue weighted by Crippen LogP contribution is 2.22. The van der Waals surface area contributed by atoms with Gasteiger partial charge in [-0.1, -0.05) is 39.3 Å². The van der Waals surface area contributed by atoms with Gasteiger partial charge in [-0.05, 0) is 37.1 Å². The van der Waals surface area contributed by atoms with E-state index in [1.165, 1.54) is 23.3 Å². The summed E-state index contributed by atoms with van der Waals surface area (Å²) in [7, 11) is 2.06. The van der Waals surface area contributed by atoms with E-state index in [1.807, 2.05) is 11.8 Å². The first-order valence-corrected chi connectivity index (χ1v) is 7.56. The SMILES string of the molecule is CCCC(CSc1ccc(C(C)C)cc1)NC. The zero-order valence-corrected chi connectivity index (χ0v) is 12.3. The van der Waals surface area contributed by atoms with Gasteiger partial charge in [-0.2, -0.15) is 0 Å². The van der Waals surface area contributed by atoms with Crippen molar-refractivity contribution in [3.8, 4) is 0 Å². The Labute approximate surface area is 110 Å². The van der Waals surface area contributed by atoms with Crippen molar-refractivity contribution in [2.24, 2.45) is 0 Å². The van der Waals surface area contributed by atoms with E-state index in [0.717, 1.165) is 5.75 Å². The second kappa shape index (κ2) is 7.78. The van der Waals surface area contributed by atoms with Crippen LogP contribution in [0.1, 0.15) is 45.1 Å². The van der Waals surface area contributed by atoms with Gasteiger partial charge in [-0.3, -0.25) is 0 Å². The molecule has 0 saturated heterocycles. The minimum absolute atomic E-state index is 0.624. The maximum atomic E-state index is 3.38. The van der Waals surface area contributed by atoms with Crippen LogP contribution in [-0.2, 0) is 0 Å². The summed E-state index contributed by atoms with van der Waals surface area (Å²) < 4.78 is 0. The van der Waals surface area contributed by atoms with Gasteiger partial charge in [0.1, 0.15) is 0 Å². The second-order valence-corrected chi connectivity index (χ2v) is 5.90. The highest BCUT2D eigenvalue weighted by Gasteiger charge is 2.05. The summed E-state index contributed by atoms with van der Waals surface area (Å²) in [5.74, 6) is 1.78. The van der Waals surface area contributed by atoms with Gasteiger partial charge in [0.25, 0.3) is 0 Å². The lowest BCUT2D eigenvalue weighted by atomic mass is 10.0. The lowest BCUT2D eigenvalue weighted by Crippen LogP contribution is -2.27. The first kappa shape index (κ1) is 14.6. The van der Waals surface area contributed by atoms with Gasteiger partial charge in [-0.15, -0.1) is 11.8 Å². The molecule has 1 unspecified atom stereocenters. The maximum absolute atomic E-state index is 3.38. The summed E-state index contributed by atoms with van der Waals surface area (Å²) in [5.41, 5.74) is 1.42. The Morgan fingerprint density at radius 2 is 1.82 bits per heavy atom. The summed E-state index contributed by atoms with van der Waals surface area (Å²) in [4.78, 5) is 1.38. The molecule has 1 N–H and O–H groups in total. The first-order chi connectivity index (χ1) is 8.17. The Morgan fingerprint density at radius 3 is 2.29 bits per heavy atom. The predicted octanol–water partition coefficient (Wildman–Crippen LogP) is 4.29. The lowest BCUT2D eigenvalue weighted by molar-refractivity contribution is 0.564. The Bertz CT molecular complexity index is 305. The van der Waals surface area contributed by atoms with Crippen LogP contribution in [0.2, 0.25) is 0 Å². The Morgan fingerprint density at radius 1 is 1.18 bits per heavy atom. The van der Waals surface area contributed by atoms with Gasteiger partial charge in [-0.25, -0.2) is 0 Å². The molecule has 0 bridgehead atoms. The minimum Gasteiger partial charge on any atom is -0.316 e. The summed E-state index contributed by atoms with van der Waals surface area (Å²) in [6.07, 6.45) is 2.51. The zero-order valence-electron chi connectivity index (χ0n) is 11.5. The molecule has 0 saturated carbocycles. The van der Waals surface area contributed by atoms with Crippen molar-refractivity contribution < 1.29 is 0 Å². The third-order valence-electron chi connectivity index (χ3n) is 3.04. The van der Waals surface area contributed by atoms with Crippen molar-refractivity contribution >= 4 is 11.8 Å². The van der Waals surface area contributed by atoms with Crippen molar-refractivity contribution in [3.05, 3.63) is 29.8 Å². The second-order valence-electron chi connectivity index (χ2n) is 4.81. The summed E-state index contributed by atoms with van der Waals surface area (Å²) >= 11 is 1.95. The van der Waals surface area contributed by atoms with Crippen molar-refractivity contribution in [2.75, 3.05) is 12.8 Å². The minimum atomic E-state index is 0.624. The number of thioether (sulfide) groups is 1. The molecule has 2 heteroatoms. The molecule has 0 aliphatic rings. The molecule has 17 heavy (non-hydrogen) atoms. The van der Waals surface area contributed by atoms with Crippen LogP contribution < -0.4 is 5.32 Å². The predicted molar refractivity (Wildman–Crippen MR) is 79.0 cm³/mol. The summed E-state index contributed by atoms with van der Waals surface area (Å²) in [6, 6.07) is 9.63. The first-order valence-electron chi connectivity index (χ1n) is 6.57. The van der Waals surface area contributed by atoms with Gasteiger partial charge in [0.05, 0.1) is 0 Å². The van der Waals surface area contributed by atoms with Crippen LogP contribution >= 0.6 is 11.8 Å². The van der Waals surface area contributed by atoms with Crippen LogP contribution in [0.4, 0.5) is 0 Å². The van der Waals surface area contributed by atoms with E-state index in [-0.39, 0.29) is 0 Å². The average Bonchev–Trinajstić information content (AvgIpc) is 2.35. The van der Waals surface area contributed by atoms with Gasteiger partial charge < -0.3 is 5.32 Å². The van der Waals surface area contributed by atoms with E-state index in [2.05, 4.69) is 57.4 Å². The average molecular weight is 251 g/mol. The van der Waals surface area contributed by atoms with E-state index < -0.39 is 0 Å². The van der Waals surface area contributed by atoms with E-state index in [0.29, 0.717) is 12.0 Å². The molecule has 1 rings (SSSR count). The van der Waals surface area contributed by atoms with E-state index in [9.17, 15) is 0 Å². The largest absolute Gasteiger partial charge is 0.316 e. The summed E-state index contributed by atoms with van der Waals surface area (Å²) in [5, 5.41) is 3.38. The molecule has 0 radical (unpaired) electrons. The quantitative estimate of drug-likeness (QED) is 0.726. The zero-order chi connectivity index (χ0) is 12.7. The number of hydrogen-bond acceptors (Lipinski definition) is 2. The van der Waals surface area contributed by atoms with Gasteiger partial charge in [0.15, 0.2) is 0 Å². The molecule has 0 fully saturated rings. The Hall–Kier alpha value is -0.470. The molecule has 1 atom stereocenters. The molecule has 0 spiro atoms. The highest BCUT2D eigenvalue weighted by atomic mass is 32.2. The van der Waals surface area contributed by atoms with Crippen LogP contribution in [0.5, 0.6) is 0 Å². The highest BCUT2D eigenvalue weighted by molar-refractivity contribution is 7.99. The van der Waals surface area contributed by atoms with Crippen LogP contribution in [-0.4, -0.2) is 18.8 Å². The fraction of sp³-hybridized carbons (Fsp3) is 0.600. The third-order valence-corrected chi connectivity index (χ3v) is 4.22. The standard InChI is InChI=1S/C15H25NS/c1-5-6-14(16-4)11-17-15-9-7-13(8-10-15)12(2)3/h7-10,12,14,16H,5-6,11H2,1-4H3. The molecule has 0 aliphatic heterocycles. The van der Waals surface area contributed by atoms with Crippen LogP contribution in [0, 0.1) is 0 Å². The molecule has 1 aromatic carbocycles. The fourth-order valence-corrected chi connectivity index (χ4v) is 2.86. The molecule has 1 aromatic rings. The number of rotatable bonds is 7. The van der Waals surface area contributed by atoms with Gasteiger partial charge >= 0.3 is 0 Å². The molecule has 0 aromatic heterocycles. The van der Waals surface area contributed by atoms with Crippen molar-refractivity contribution in [1.82, 2.24) is 5.32 Å². The maximum Gasteiger partial charge on any atom is 0.0158 e. The lowest BCUT2D eigenvalue weighted by Gasteiger charge is -2.14. The van der Waals surface area contributed by atoms with E-state index >= 15 is 0 Å². The Balaban J connectivity index is 2.46. The normalized spacial score (nSPS) is 13.0. The molecular formula is C15H25NS. The van der Waals surface area contributed by atoms with E-state index in [1.54, 1.807) is 0 Å². The molecule has 1 nitrogen and oxygen atoms in total. The third kappa shape index (κ3) is 5.13. The van der Waals surface area contributed by atoms with Gasteiger partial charge in [0, 0.05) is 16.7 Å². The molecule has 0 amide bonds. The molecule has 96 valence electrons. The summed E-state index contributed by atoms with van der Waals surface area (Å²) in [6.45, 7) is 6.72. The van der Waals surface area contributed by atoms with Crippen molar-refractivity contribution in [3.63, 3.8) is 0 Å². The van der Waals surface area contributed by atoms with Crippen LogP contribution in [0.15, 0.2) is 29.2 Å². The monoisotopic (exact) mass is 251 g/mol. The molecule has 0 heterocycles. The topological polar surface area (TPSA) is 12.0 Å². The number of benzene rings is 1. The van der Waals surface area contributed by atoms with Gasteiger partial charge in [0.2, 0.25) is 0 Å². The van der Waals surface area contributed by atoms with Crippen LogP contribution in [0.25, 0.3) is 0 Å². The van der Waals surface area contributed by atoms with Crippen LogP contribution in [0.3, 0.4) is 0 Å².